The van der Waals surface area contributed by atoms with E-state index in [1.165, 1.54) is 17.1 Å². The van der Waals surface area contributed by atoms with E-state index < -0.39 is 0 Å². The van der Waals surface area contributed by atoms with E-state index in [4.69, 9.17) is 0 Å². The van der Waals surface area contributed by atoms with Gasteiger partial charge in [0.1, 0.15) is 11.5 Å². The van der Waals surface area contributed by atoms with Crippen LogP contribution in [0.5, 0.6) is 11.5 Å². The van der Waals surface area contributed by atoms with Gasteiger partial charge in [0.15, 0.2) is 0 Å². The van der Waals surface area contributed by atoms with Crippen LogP contribution in [-0.2, 0) is 4.79 Å². The molecule has 1 heterocycles. The average molecular weight is 294 g/mol. The number of hydrogen-bond donors (Lipinski definition) is 2. The highest BCUT2D eigenvalue weighted by Gasteiger charge is 2.28. The molecule has 1 aliphatic heterocycles. The van der Waals surface area contributed by atoms with Crippen LogP contribution in [0.4, 0.5) is 5.69 Å². The number of anilines is 1. The Kier molecular flexibility index (Phi) is 3.39. The van der Waals surface area contributed by atoms with Crippen molar-refractivity contribution in [2.45, 2.75) is 6.92 Å². The molecule has 2 N–H and O–H groups in total. The molecule has 0 saturated heterocycles. The largest absolute Gasteiger partial charge is 0.508 e. The van der Waals surface area contributed by atoms with Crippen LogP contribution < -0.4 is 5.01 Å². The van der Waals surface area contributed by atoms with Crippen LogP contribution in [0.1, 0.15) is 12.5 Å². The van der Waals surface area contributed by atoms with Gasteiger partial charge in [-0.15, -0.1) is 0 Å². The Morgan fingerprint density at radius 2 is 1.82 bits per heavy atom. The van der Waals surface area contributed by atoms with Crippen molar-refractivity contribution in [3.8, 4) is 11.5 Å². The molecule has 0 unspecified atom stereocenters. The van der Waals surface area contributed by atoms with E-state index in [-0.39, 0.29) is 17.4 Å². The highest BCUT2D eigenvalue weighted by Crippen LogP contribution is 2.28. The number of hydrazone groups is 1. The van der Waals surface area contributed by atoms with E-state index >= 15 is 0 Å². The number of nitrogens with zero attached hydrogens (tertiary/aromatic N) is 2. The molecule has 0 aliphatic carbocycles. The van der Waals surface area contributed by atoms with E-state index in [2.05, 4.69) is 5.10 Å². The zero-order chi connectivity index (χ0) is 15.7. The first-order valence-corrected chi connectivity index (χ1v) is 6.75. The summed E-state index contributed by atoms with van der Waals surface area (Å²) in [5.74, 6) is -0.379. The first-order chi connectivity index (χ1) is 10.6. The molecular weight excluding hydrogens is 280 g/mol. The molecule has 0 spiro atoms. The molecule has 0 fully saturated rings. The lowest BCUT2D eigenvalue weighted by molar-refractivity contribution is -0.114. The van der Waals surface area contributed by atoms with Crippen LogP contribution >= 0.6 is 0 Å². The minimum absolute atomic E-state index is 0.0336. The van der Waals surface area contributed by atoms with E-state index in [0.717, 1.165) is 0 Å². The van der Waals surface area contributed by atoms with Gasteiger partial charge < -0.3 is 10.2 Å². The van der Waals surface area contributed by atoms with Gasteiger partial charge in [0.05, 0.1) is 17.0 Å². The van der Waals surface area contributed by atoms with Gasteiger partial charge in [-0.1, -0.05) is 18.2 Å². The summed E-state index contributed by atoms with van der Waals surface area (Å²) in [4.78, 5) is 12.5. The van der Waals surface area contributed by atoms with Crippen molar-refractivity contribution < 1.29 is 15.0 Å². The number of benzene rings is 2. The maximum atomic E-state index is 12.5. The van der Waals surface area contributed by atoms with Crippen molar-refractivity contribution in [3.63, 3.8) is 0 Å². The summed E-state index contributed by atoms with van der Waals surface area (Å²) in [7, 11) is 0. The Bertz CT molecular complexity index is 795. The van der Waals surface area contributed by atoms with Gasteiger partial charge in [0, 0.05) is 11.6 Å². The maximum absolute atomic E-state index is 12.5. The van der Waals surface area contributed by atoms with E-state index in [1.807, 2.05) is 18.2 Å². The van der Waals surface area contributed by atoms with E-state index in [9.17, 15) is 15.0 Å². The summed E-state index contributed by atoms with van der Waals surface area (Å²) in [5, 5.41) is 24.7. The summed E-state index contributed by atoms with van der Waals surface area (Å²) in [6, 6.07) is 13.4. The Morgan fingerprint density at radius 1 is 1.09 bits per heavy atom. The molecule has 2 aromatic rings. The minimum atomic E-state index is -0.254. The Labute approximate surface area is 127 Å². The fourth-order valence-corrected chi connectivity index (χ4v) is 2.24. The molecule has 1 aliphatic rings. The van der Waals surface area contributed by atoms with Gasteiger partial charge in [-0.2, -0.15) is 10.1 Å². The van der Waals surface area contributed by atoms with Gasteiger partial charge >= 0.3 is 0 Å². The number of rotatable bonds is 2. The molecule has 0 atom stereocenters. The zero-order valence-electron chi connectivity index (χ0n) is 11.9. The van der Waals surface area contributed by atoms with Gasteiger partial charge in [0.25, 0.3) is 5.91 Å². The van der Waals surface area contributed by atoms with Crippen molar-refractivity contribution in [3.05, 3.63) is 59.7 Å². The third-order valence-electron chi connectivity index (χ3n) is 3.38. The zero-order valence-corrected chi connectivity index (χ0v) is 11.9. The maximum Gasteiger partial charge on any atom is 0.280 e. The van der Waals surface area contributed by atoms with Crippen LogP contribution in [0.15, 0.2) is 59.2 Å². The number of para-hydroxylation sites is 1. The lowest BCUT2D eigenvalue weighted by atomic mass is 10.1. The van der Waals surface area contributed by atoms with Crippen LogP contribution in [0, 0.1) is 0 Å². The normalized spacial score (nSPS) is 16.2. The summed E-state index contributed by atoms with van der Waals surface area (Å²) >= 11 is 0. The molecule has 5 nitrogen and oxygen atoms in total. The fraction of sp³-hybridized carbons (Fsp3) is 0.0588. The average Bonchev–Trinajstić information content (AvgIpc) is 2.79. The van der Waals surface area contributed by atoms with Crippen LogP contribution in [0.2, 0.25) is 0 Å². The van der Waals surface area contributed by atoms with Crippen molar-refractivity contribution in [1.29, 1.82) is 0 Å². The number of amides is 1. The van der Waals surface area contributed by atoms with Gasteiger partial charge in [0.2, 0.25) is 0 Å². The van der Waals surface area contributed by atoms with Gasteiger partial charge in [-0.3, -0.25) is 4.79 Å². The molecule has 22 heavy (non-hydrogen) atoms. The molecule has 3 rings (SSSR count). The number of phenolic OH excluding ortho intramolecular Hbond substituents is 2. The SMILES string of the molecule is CC1=NN(c2ccccc2)C(=O)/C1=C\c1ccc(O)cc1O. The van der Waals surface area contributed by atoms with Crippen molar-refractivity contribution in [1.82, 2.24) is 0 Å². The van der Waals surface area contributed by atoms with Crippen LogP contribution in [0.3, 0.4) is 0 Å². The minimum Gasteiger partial charge on any atom is -0.508 e. The molecule has 2 aromatic carbocycles. The summed E-state index contributed by atoms with van der Waals surface area (Å²) in [6.07, 6.45) is 1.57. The molecule has 0 saturated carbocycles. The Hall–Kier alpha value is -3.08. The number of aromatic hydroxyl groups is 2. The monoisotopic (exact) mass is 294 g/mol. The standard InChI is InChI=1S/C17H14N2O3/c1-11-15(9-12-7-8-14(20)10-16(12)21)17(22)19(18-11)13-5-3-2-4-6-13/h2-10,20-21H,1H3/b15-9-. The van der Waals surface area contributed by atoms with Crippen molar-refractivity contribution in [2.75, 3.05) is 5.01 Å². The van der Waals surface area contributed by atoms with Crippen LogP contribution in [-0.4, -0.2) is 21.8 Å². The second-order valence-electron chi connectivity index (χ2n) is 4.94. The second-order valence-corrected chi connectivity index (χ2v) is 4.94. The van der Waals surface area contributed by atoms with Crippen molar-refractivity contribution >= 4 is 23.4 Å². The highest BCUT2D eigenvalue weighted by molar-refractivity contribution is 6.32. The molecule has 0 aromatic heterocycles. The lowest BCUT2D eigenvalue weighted by Gasteiger charge is -2.11. The quantitative estimate of drug-likeness (QED) is 0.836. The second kappa shape index (κ2) is 5.37. The number of hydrogen-bond acceptors (Lipinski definition) is 4. The Balaban J connectivity index is 1.98. The molecule has 0 radical (unpaired) electrons. The van der Waals surface area contributed by atoms with Gasteiger partial charge in [-0.05, 0) is 37.3 Å². The number of carbonyl (C=O) groups excluding carboxylic acids is 1. The van der Waals surface area contributed by atoms with Crippen LogP contribution in [0.25, 0.3) is 6.08 Å². The van der Waals surface area contributed by atoms with Crippen molar-refractivity contribution in [2.24, 2.45) is 5.10 Å². The highest BCUT2D eigenvalue weighted by atomic mass is 16.3. The first-order valence-electron chi connectivity index (χ1n) is 6.75. The third-order valence-corrected chi connectivity index (χ3v) is 3.38. The fourth-order valence-electron chi connectivity index (χ4n) is 2.24. The Morgan fingerprint density at radius 3 is 2.50 bits per heavy atom. The predicted octanol–water partition coefficient (Wildman–Crippen LogP) is 2.90. The number of phenols is 2. The topological polar surface area (TPSA) is 73.1 Å². The molecule has 110 valence electrons. The molecular formula is C17H14N2O3. The van der Waals surface area contributed by atoms with E-state index in [0.29, 0.717) is 22.5 Å². The third kappa shape index (κ3) is 2.44. The summed E-state index contributed by atoms with van der Waals surface area (Å²) in [5.41, 5.74) is 2.11. The molecule has 1 amide bonds. The summed E-state index contributed by atoms with van der Waals surface area (Å²) in [6.45, 7) is 1.74. The van der Waals surface area contributed by atoms with Gasteiger partial charge in [-0.25, -0.2) is 0 Å². The summed E-state index contributed by atoms with van der Waals surface area (Å²) < 4.78 is 0. The molecule has 0 bridgehead atoms. The molecule has 5 heteroatoms. The predicted molar refractivity (Wildman–Crippen MR) is 84.8 cm³/mol. The van der Waals surface area contributed by atoms with E-state index in [1.54, 1.807) is 31.2 Å². The number of carbonyl (C=O) groups is 1. The smallest absolute Gasteiger partial charge is 0.280 e. The first kappa shape index (κ1) is 13.9. The lowest BCUT2D eigenvalue weighted by Crippen LogP contribution is -2.21.